The largest absolute Gasteiger partial charge is 0.492 e. The quantitative estimate of drug-likeness (QED) is 0.552. The van der Waals surface area contributed by atoms with E-state index in [0.29, 0.717) is 43.4 Å². The summed E-state index contributed by atoms with van der Waals surface area (Å²) in [5.74, 6) is 0.640. The van der Waals surface area contributed by atoms with E-state index in [1.807, 2.05) is 12.1 Å². The number of carbonyl (C=O) groups excluding carboxylic acids is 1. The van der Waals surface area contributed by atoms with Gasteiger partial charge in [0.1, 0.15) is 12.4 Å². The Bertz CT molecular complexity index is 1000. The molecule has 9 heteroatoms. The Morgan fingerprint density at radius 3 is 2.31 bits per heavy atom. The van der Waals surface area contributed by atoms with Crippen LogP contribution >= 0.6 is 11.6 Å². The Kier molecular flexibility index (Phi) is 8.53. The molecule has 0 aromatic heterocycles. The highest BCUT2D eigenvalue weighted by Gasteiger charge is 2.25. The van der Waals surface area contributed by atoms with Crippen molar-refractivity contribution in [3.63, 3.8) is 0 Å². The molecule has 0 radical (unpaired) electrons. The summed E-state index contributed by atoms with van der Waals surface area (Å²) >= 11 is 5.88. The minimum absolute atomic E-state index is 0.140. The molecular weight excluding hydrogens is 450 g/mol. The second-order valence-corrected chi connectivity index (χ2v) is 9.93. The molecule has 32 heavy (non-hydrogen) atoms. The number of piperazine rings is 1. The summed E-state index contributed by atoms with van der Waals surface area (Å²) in [5, 5.41) is 0.675. The van der Waals surface area contributed by atoms with Crippen LogP contribution < -0.4 is 4.74 Å². The lowest BCUT2D eigenvalue weighted by atomic mass is 10.2. The van der Waals surface area contributed by atoms with Crippen LogP contribution in [-0.2, 0) is 10.0 Å². The zero-order valence-electron chi connectivity index (χ0n) is 18.5. The first-order valence-electron chi connectivity index (χ1n) is 10.9. The number of carbonyl (C=O) groups is 1. The fourth-order valence-electron chi connectivity index (χ4n) is 3.68. The number of benzene rings is 2. The third-order valence-electron chi connectivity index (χ3n) is 5.57. The Hall–Kier alpha value is -2.13. The van der Waals surface area contributed by atoms with Crippen molar-refractivity contribution in [3.05, 3.63) is 59.1 Å². The van der Waals surface area contributed by atoms with Crippen molar-refractivity contribution in [2.45, 2.75) is 18.7 Å². The highest BCUT2D eigenvalue weighted by atomic mass is 35.5. The molecule has 7 nitrogen and oxygen atoms in total. The van der Waals surface area contributed by atoms with Crippen molar-refractivity contribution in [2.24, 2.45) is 0 Å². The first-order chi connectivity index (χ1) is 15.3. The Morgan fingerprint density at radius 2 is 1.69 bits per heavy atom. The SMILES string of the molecule is CCN(CC)S(=O)(=O)c1cccc(C(=O)N2CCN(CCOc3ccc(Cl)cc3)CC2)c1. The lowest BCUT2D eigenvalue weighted by Gasteiger charge is -2.34. The molecule has 0 N–H and O–H groups in total. The van der Waals surface area contributed by atoms with E-state index in [9.17, 15) is 13.2 Å². The minimum atomic E-state index is -3.60. The van der Waals surface area contributed by atoms with Crippen LogP contribution in [0.25, 0.3) is 0 Å². The molecule has 3 rings (SSSR count). The zero-order valence-corrected chi connectivity index (χ0v) is 20.1. The topological polar surface area (TPSA) is 70.2 Å². The van der Waals surface area contributed by atoms with Crippen molar-refractivity contribution >= 4 is 27.5 Å². The molecule has 0 spiro atoms. The van der Waals surface area contributed by atoms with Crippen LogP contribution in [0.3, 0.4) is 0 Å². The lowest BCUT2D eigenvalue weighted by molar-refractivity contribution is 0.0620. The van der Waals surface area contributed by atoms with Crippen molar-refractivity contribution in [1.82, 2.24) is 14.1 Å². The first kappa shape index (κ1) is 24.5. The smallest absolute Gasteiger partial charge is 0.253 e. The van der Waals surface area contributed by atoms with Crippen LogP contribution in [0.15, 0.2) is 53.4 Å². The molecule has 1 fully saturated rings. The molecule has 174 valence electrons. The first-order valence-corrected chi connectivity index (χ1v) is 12.7. The minimum Gasteiger partial charge on any atom is -0.492 e. The Balaban J connectivity index is 1.53. The number of hydrogen-bond acceptors (Lipinski definition) is 5. The number of halogens is 1. The standard InChI is InChI=1S/C23H30ClN3O4S/c1-3-27(4-2)32(29,30)22-7-5-6-19(18-22)23(28)26-14-12-25(13-15-26)16-17-31-21-10-8-20(24)9-11-21/h5-11,18H,3-4,12-17H2,1-2H3. The maximum absolute atomic E-state index is 13.0. The van der Waals surface area contributed by atoms with Gasteiger partial charge < -0.3 is 9.64 Å². The number of ether oxygens (including phenoxy) is 1. The van der Waals surface area contributed by atoms with Crippen LogP contribution in [0.5, 0.6) is 5.75 Å². The predicted octanol–water partition coefficient (Wildman–Crippen LogP) is 3.21. The van der Waals surface area contributed by atoms with E-state index in [1.165, 1.54) is 10.4 Å². The molecule has 0 saturated carbocycles. The van der Waals surface area contributed by atoms with Gasteiger partial charge in [-0.1, -0.05) is 31.5 Å². The molecule has 1 aliphatic heterocycles. The van der Waals surface area contributed by atoms with Crippen molar-refractivity contribution in [2.75, 3.05) is 52.4 Å². The van der Waals surface area contributed by atoms with Gasteiger partial charge in [-0.3, -0.25) is 9.69 Å². The number of rotatable bonds is 9. The van der Waals surface area contributed by atoms with Crippen molar-refractivity contribution in [1.29, 1.82) is 0 Å². The van der Waals surface area contributed by atoms with Crippen LogP contribution in [0, 0.1) is 0 Å². The van der Waals surface area contributed by atoms with Gasteiger partial charge in [0.05, 0.1) is 4.90 Å². The van der Waals surface area contributed by atoms with Gasteiger partial charge in [0.15, 0.2) is 0 Å². The number of amides is 1. The van der Waals surface area contributed by atoms with Gasteiger partial charge in [0.25, 0.3) is 5.91 Å². The average Bonchev–Trinajstić information content (AvgIpc) is 2.81. The van der Waals surface area contributed by atoms with Crippen LogP contribution in [-0.4, -0.2) is 80.9 Å². The molecule has 0 bridgehead atoms. The molecule has 1 aliphatic rings. The Morgan fingerprint density at radius 1 is 1.03 bits per heavy atom. The second-order valence-electron chi connectivity index (χ2n) is 7.55. The predicted molar refractivity (Wildman–Crippen MR) is 126 cm³/mol. The maximum Gasteiger partial charge on any atom is 0.253 e. The molecule has 0 aliphatic carbocycles. The normalized spacial score (nSPS) is 15.2. The number of nitrogens with zero attached hydrogens (tertiary/aromatic N) is 3. The van der Waals surface area contributed by atoms with Gasteiger partial charge in [-0.25, -0.2) is 8.42 Å². The fourth-order valence-corrected chi connectivity index (χ4v) is 5.31. The molecule has 2 aromatic carbocycles. The van der Waals surface area contributed by atoms with E-state index in [-0.39, 0.29) is 10.8 Å². The summed E-state index contributed by atoms with van der Waals surface area (Å²) in [4.78, 5) is 17.2. The zero-order chi connectivity index (χ0) is 23.1. The van der Waals surface area contributed by atoms with Gasteiger partial charge in [0.2, 0.25) is 10.0 Å². The fraction of sp³-hybridized carbons (Fsp3) is 0.435. The summed E-state index contributed by atoms with van der Waals surface area (Å²) < 4.78 is 32.7. The van der Waals surface area contributed by atoms with Crippen LogP contribution in [0.2, 0.25) is 5.02 Å². The van der Waals surface area contributed by atoms with E-state index in [4.69, 9.17) is 16.3 Å². The third kappa shape index (κ3) is 6.01. The van der Waals surface area contributed by atoms with E-state index < -0.39 is 10.0 Å². The molecule has 1 amide bonds. The van der Waals surface area contributed by atoms with E-state index in [1.54, 1.807) is 49.1 Å². The maximum atomic E-state index is 13.0. The van der Waals surface area contributed by atoms with Gasteiger partial charge in [-0.05, 0) is 42.5 Å². The van der Waals surface area contributed by atoms with Crippen LogP contribution in [0.1, 0.15) is 24.2 Å². The molecule has 2 aromatic rings. The third-order valence-corrected chi connectivity index (χ3v) is 7.87. The Labute approximate surface area is 195 Å². The lowest BCUT2D eigenvalue weighted by Crippen LogP contribution is -2.49. The molecule has 0 unspecified atom stereocenters. The van der Waals surface area contributed by atoms with E-state index in [2.05, 4.69) is 4.90 Å². The van der Waals surface area contributed by atoms with Crippen LogP contribution in [0.4, 0.5) is 0 Å². The van der Waals surface area contributed by atoms with Gasteiger partial charge in [0, 0.05) is 56.4 Å². The van der Waals surface area contributed by atoms with E-state index in [0.717, 1.165) is 25.4 Å². The molecule has 0 atom stereocenters. The van der Waals surface area contributed by atoms with Crippen molar-refractivity contribution < 1.29 is 17.9 Å². The molecule has 1 saturated heterocycles. The van der Waals surface area contributed by atoms with Gasteiger partial charge in [-0.2, -0.15) is 4.31 Å². The summed E-state index contributed by atoms with van der Waals surface area (Å²) in [6.45, 7) is 8.37. The molecule has 1 heterocycles. The number of hydrogen-bond donors (Lipinski definition) is 0. The highest BCUT2D eigenvalue weighted by molar-refractivity contribution is 7.89. The van der Waals surface area contributed by atoms with Gasteiger partial charge >= 0.3 is 0 Å². The van der Waals surface area contributed by atoms with Crippen molar-refractivity contribution in [3.8, 4) is 5.75 Å². The average molecular weight is 480 g/mol. The summed E-state index contributed by atoms with van der Waals surface area (Å²) in [6, 6.07) is 13.6. The van der Waals surface area contributed by atoms with Gasteiger partial charge in [-0.15, -0.1) is 0 Å². The summed E-state index contributed by atoms with van der Waals surface area (Å²) in [5.41, 5.74) is 0.401. The summed E-state index contributed by atoms with van der Waals surface area (Å²) in [6.07, 6.45) is 0. The molecular formula is C23H30ClN3O4S. The monoisotopic (exact) mass is 479 g/mol. The van der Waals surface area contributed by atoms with E-state index >= 15 is 0 Å². The summed E-state index contributed by atoms with van der Waals surface area (Å²) in [7, 11) is -3.60. The highest BCUT2D eigenvalue weighted by Crippen LogP contribution is 2.19. The second kappa shape index (κ2) is 11.1. The number of sulfonamides is 1.